The van der Waals surface area contributed by atoms with Crippen LogP contribution < -0.4 is 0 Å². The van der Waals surface area contributed by atoms with E-state index in [0.29, 0.717) is 25.4 Å². The standard InChI is InChI=1S/C23H22N2O2/c1-17-7-10-19(11-8-17)23(26)25-15-13-20-21(14-16-25)27-22(24-20)12-9-18-5-3-2-4-6-18/h2-12H,13-16H2,1H3/b12-9+. The molecule has 0 unspecified atom stereocenters. The van der Waals surface area contributed by atoms with E-state index in [0.717, 1.165) is 34.6 Å². The summed E-state index contributed by atoms with van der Waals surface area (Å²) in [6.07, 6.45) is 5.31. The number of amides is 1. The maximum atomic E-state index is 12.7. The van der Waals surface area contributed by atoms with Crippen LogP contribution in [-0.4, -0.2) is 28.9 Å². The second-order valence-electron chi connectivity index (χ2n) is 6.82. The van der Waals surface area contributed by atoms with Gasteiger partial charge in [-0.05, 0) is 30.7 Å². The van der Waals surface area contributed by atoms with Gasteiger partial charge in [0.25, 0.3) is 5.91 Å². The molecular formula is C23H22N2O2. The van der Waals surface area contributed by atoms with Gasteiger partial charge in [0, 0.05) is 37.6 Å². The van der Waals surface area contributed by atoms with E-state index in [1.807, 2.05) is 78.6 Å². The summed E-state index contributed by atoms with van der Waals surface area (Å²) >= 11 is 0. The number of hydrogen-bond acceptors (Lipinski definition) is 3. The van der Waals surface area contributed by atoms with Gasteiger partial charge in [-0.2, -0.15) is 0 Å². The Labute approximate surface area is 159 Å². The number of carbonyl (C=O) groups excluding carboxylic acids is 1. The first-order valence-corrected chi connectivity index (χ1v) is 9.27. The van der Waals surface area contributed by atoms with E-state index in [2.05, 4.69) is 4.98 Å². The predicted octanol–water partition coefficient (Wildman–Crippen LogP) is 4.39. The Kier molecular flexibility index (Phi) is 4.88. The molecule has 0 radical (unpaired) electrons. The normalized spacial score (nSPS) is 14.2. The molecule has 1 aliphatic heterocycles. The fraction of sp³-hybridized carbons (Fsp3) is 0.217. The Balaban J connectivity index is 1.44. The third-order valence-electron chi connectivity index (χ3n) is 4.83. The molecule has 2 heterocycles. The molecule has 1 aliphatic rings. The number of carbonyl (C=O) groups is 1. The zero-order valence-electron chi connectivity index (χ0n) is 15.4. The van der Waals surface area contributed by atoms with Crippen molar-refractivity contribution in [3.8, 4) is 0 Å². The van der Waals surface area contributed by atoms with Crippen LogP contribution in [0.2, 0.25) is 0 Å². The van der Waals surface area contributed by atoms with Crippen LogP contribution in [0.1, 0.15) is 38.8 Å². The van der Waals surface area contributed by atoms with E-state index in [4.69, 9.17) is 4.42 Å². The van der Waals surface area contributed by atoms with E-state index < -0.39 is 0 Å². The summed E-state index contributed by atoms with van der Waals surface area (Å²) in [4.78, 5) is 19.2. The molecule has 4 nitrogen and oxygen atoms in total. The average Bonchev–Trinajstić information content (AvgIpc) is 2.99. The maximum Gasteiger partial charge on any atom is 0.253 e. The molecule has 0 atom stereocenters. The molecule has 1 aromatic heterocycles. The van der Waals surface area contributed by atoms with Crippen LogP contribution in [0.5, 0.6) is 0 Å². The molecule has 3 aromatic rings. The van der Waals surface area contributed by atoms with E-state index in [-0.39, 0.29) is 5.91 Å². The lowest BCUT2D eigenvalue weighted by Gasteiger charge is -2.20. The Morgan fingerprint density at radius 2 is 1.74 bits per heavy atom. The minimum Gasteiger partial charge on any atom is -0.441 e. The van der Waals surface area contributed by atoms with Gasteiger partial charge < -0.3 is 9.32 Å². The summed E-state index contributed by atoms with van der Waals surface area (Å²) in [5, 5.41) is 0. The predicted molar refractivity (Wildman–Crippen MR) is 106 cm³/mol. The second-order valence-corrected chi connectivity index (χ2v) is 6.82. The van der Waals surface area contributed by atoms with E-state index >= 15 is 0 Å². The fourth-order valence-electron chi connectivity index (χ4n) is 3.27. The summed E-state index contributed by atoms with van der Waals surface area (Å²) in [5.74, 6) is 1.59. The molecule has 0 spiro atoms. The molecule has 27 heavy (non-hydrogen) atoms. The molecule has 1 amide bonds. The Hall–Kier alpha value is -3.14. The third kappa shape index (κ3) is 4.00. The van der Waals surface area contributed by atoms with Crippen LogP contribution in [-0.2, 0) is 12.8 Å². The molecule has 4 rings (SSSR count). The van der Waals surface area contributed by atoms with Gasteiger partial charge in [-0.1, -0.05) is 48.0 Å². The molecule has 0 saturated heterocycles. The SMILES string of the molecule is Cc1ccc(C(=O)N2CCc3nc(/C=C/c4ccccc4)oc3CC2)cc1. The van der Waals surface area contributed by atoms with Gasteiger partial charge >= 0.3 is 0 Å². The molecular weight excluding hydrogens is 336 g/mol. The highest BCUT2D eigenvalue weighted by Crippen LogP contribution is 2.20. The van der Waals surface area contributed by atoms with Crippen molar-refractivity contribution in [2.45, 2.75) is 19.8 Å². The first-order chi connectivity index (χ1) is 13.2. The molecule has 4 heteroatoms. The van der Waals surface area contributed by atoms with Crippen molar-refractivity contribution >= 4 is 18.1 Å². The van der Waals surface area contributed by atoms with E-state index in [1.165, 1.54) is 0 Å². The number of fused-ring (bicyclic) bond motifs is 1. The Bertz CT molecular complexity index is 930. The van der Waals surface area contributed by atoms with Gasteiger partial charge in [-0.25, -0.2) is 4.98 Å². The highest BCUT2D eigenvalue weighted by molar-refractivity contribution is 5.94. The maximum absolute atomic E-state index is 12.7. The molecule has 136 valence electrons. The zero-order chi connectivity index (χ0) is 18.6. The van der Waals surface area contributed by atoms with Crippen LogP contribution in [0, 0.1) is 6.92 Å². The lowest BCUT2D eigenvalue weighted by Crippen LogP contribution is -2.33. The van der Waals surface area contributed by atoms with Crippen LogP contribution in [0.3, 0.4) is 0 Å². The Morgan fingerprint density at radius 3 is 2.52 bits per heavy atom. The summed E-state index contributed by atoms with van der Waals surface area (Å²) < 4.78 is 5.92. The highest BCUT2D eigenvalue weighted by Gasteiger charge is 2.23. The minimum atomic E-state index is 0.0735. The topological polar surface area (TPSA) is 46.3 Å². The molecule has 0 N–H and O–H groups in total. The third-order valence-corrected chi connectivity index (χ3v) is 4.83. The van der Waals surface area contributed by atoms with Gasteiger partial charge in [-0.3, -0.25) is 4.79 Å². The Morgan fingerprint density at radius 1 is 1.00 bits per heavy atom. The minimum absolute atomic E-state index is 0.0735. The van der Waals surface area contributed by atoms with Gasteiger partial charge in [-0.15, -0.1) is 0 Å². The van der Waals surface area contributed by atoms with Crippen molar-refractivity contribution in [3.05, 3.63) is 88.6 Å². The lowest BCUT2D eigenvalue weighted by atomic mass is 10.1. The van der Waals surface area contributed by atoms with Gasteiger partial charge in [0.2, 0.25) is 5.89 Å². The largest absolute Gasteiger partial charge is 0.441 e. The van der Waals surface area contributed by atoms with Crippen molar-refractivity contribution < 1.29 is 9.21 Å². The quantitative estimate of drug-likeness (QED) is 0.697. The number of benzene rings is 2. The highest BCUT2D eigenvalue weighted by atomic mass is 16.4. The number of hydrogen-bond donors (Lipinski definition) is 0. The molecule has 0 fully saturated rings. The number of nitrogens with zero attached hydrogens (tertiary/aromatic N) is 2. The van der Waals surface area contributed by atoms with E-state index in [1.54, 1.807) is 0 Å². The van der Waals surface area contributed by atoms with Crippen LogP contribution in [0.25, 0.3) is 12.2 Å². The number of aromatic nitrogens is 1. The summed E-state index contributed by atoms with van der Waals surface area (Å²) in [7, 11) is 0. The zero-order valence-corrected chi connectivity index (χ0v) is 15.4. The number of oxazole rings is 1. The molecule has 0 aliphatic carbocycles. The van der Waals surface area contributed by atoms with Crippen LogP contribution >= 0.6 is 0 Å². The van der Waals surface area contributed by atoms with Crippen molar-refractivity contribution in [2.24, 2.45) is 0 Å². The molecule has 0 bridgehead atoms. The van der Waals surface area contributed by atoms with Gasteiger partial charge in [0.15, 0.2) is 0 Å². The summed E-state index contributed by atoms with van der Waals surface area (Å²) in [6.45, 7) is 3.33. The van der Waals surface area contributed by atoms with Crippen molar-refractivity contribution in [2.75, 3.05) is 13.1 Å². The first kappa shape index (κ1) is 17.3. The van der Waals surface area contributed by atoms with Crippen molar-refractivity contribution in [1.82, 2.24) is 9.88 Å². The smallest absolute Gasteiger partial charge is 0.253 e. The first-order valence-electron chi connectivity index (χ1n) is 9.27. The van der Waals surface area contributed by atoms with E-state index in [9.17, 15) is 4.79 Å². The van der Waals surface area contributed by atoms with Crippen molar-refractivity contribution in [1.29, 1.82) is 0 Å². The summed E-state index contributed by atoms with van der Waals surface area (Å²) in [6, 6.07) is 17.8. The molecule has 2 aromatic carbocycles. The van der Waals surface area contributed by atoms with Crippen molar-refractivity contribution in [3.63, 3.8) is 0 Å². The number of rotatable bonds is 3. The molecule has 0 saturated carbocycles. The monoisotopic (exact) mass is 358 g/mol. The fourth-order valence-corrected chi connectivity index (χ4v) is 3.27. The number of aryl methyl sites for hydroxylation is 1. The average molecular weight is 358 g/mol. The van der Waals surface area contributed by atoms with Gasteiger partial charge in [0.05, 0.1) is 5.69 Å². The second kappa shape index (κ2) is 7.62. The summed E-state index contributed by atoms with van der Waals surface area (Å²) in [5.41, 5.74) is 3.96. The van der Waals surface area contributed by atoms with Crippen LogP contribution in [0.15, 0.2) is 59.0 Å². The van der Waals surface area contributed by atoms with Gasteiger partial charge in [0.1, 0.15) is 5.76 Å². The lowest BCUT2D eigenvalue weighted by molar-refractivity contribution is 0.0761. The van der Waals surface area contributed by atoms with Crippen LogP contribution in [0.4, 0.5) is 0 Å².